The molecule has 8 aromatic rings. The van der Waals surface area contributed by atoms with Crippen LogP contribution in [0, 0.1) is 0 Å². The Morgan fingerprint density at radius 2 is 0.896 bits per heavy atom. The number of rotatable bonds is 3. The molecule has 0 N–H and O–H groups in total. The number of hydrogen-bond donors (Lipinski definition) is 0. The maximum Gasteiger partial charge on any atom is 0.252 e. The summed E-state index contributed by atoms with van der Waals surface area (Å²) in [5.41, 5.74) is 22.1. The van der Waals surface area contributed by atoms with E-state index in [1.165, 1.54) is 158 Å². The summed E-state index contributed by atoms with van der Waals surface area (Å²) in [4.78, 5) is 9.96. The predicted molar refractivity (Wildman–Crippen MR) is 287 cm³/mol. The molecule has 4 nitrogen and oxygen atoms in total. The quantitative estimate of drug-likeness (QED) is 0.166. The molecule has 0 unspecified atom stereocenters. The van der Waals surface area contributed by atoms with Crippen LogP contribution in [0.3, 0.4) is 0 Å². The molecule has 0 amide bonds. The second kappa shape index (κ2) is 14.7. The topological polar surface area (TPSA) is 35.6 Å². The molecule has 2 saturated carbocycles. The molecule has 4 aliphatic rings. The summed E-state index contributed by atoms with van der Waals surface area (Å²) >= 11 is 0. The van der Waals surface area contributed by atoms with Crippen LogP contribution >= 0.6 is 0 Å². The van der Waals surface area contributed by atoms with Gasteiger partial charge in [-0.15, -0.1) is 0 Å². The highest BCUT2D eigenvalue weighted by Gasteiger charge is 2.44. The normalized spacial score (nSPS) is 17.1. The van der Waals surface area contributed by atoms with Crippen molar-refractivity contribution in [3.05, 3.63) is 113 Å². The van der Waals surface area contributed by atoms with E-state index >= 15 is 0 Å². The minimum Gasteiger partial charge on any atom is -0.310 e. The van der Waals surface area contributed by atoms with E-state index < -0.39 is 0 Å². The van der Waals surface area contributed by atoms with Gasteiger partial charge in [-0.25, -0.2) is 9.97 Å². The van der Waals surface area contributed by atoms with E-state index in [2.05, 4.69) is 153 Å². The SMILES string of the molecule is CC(C)(C)c1cc(C(C)(C)C)c2c3cc(C4CCCCC4)cc4c3n(c2c1)-c1cc(-c2ncccn2)cc2c1B4c1cc(C3CCCCC3)cc3c4c(C(C)(C)C)cc(C(C)(C)C)cc4n-2c13. The number of benzene rings is 5. The van der Waals surface area contributed by atoms with Crippen LogP contribution in [-0.2, 0) is 21.7 Å². The van der Waals surface area contributed by atoms with Crippen molar-refractivity contribution in [3.8, 4) is 22.8 Å². The first-order valence-electron chi connectivity index (χ1n) is 26.1. The number of aromatic nitrogens is 4. The van der Waals surface area contributed by atoms with E-state index in [9.17, 15) is 0 Å². The first-order valence-corrected chi connectivity index (χ1v) is 26.1. The van der Waals surface area contributed by atoms with Gasteiger partial charge < -0.3 is 9.13 Å². The van der Waals surface area contributed by atoms with Crippen LogP contribution in [0.15, 0.2) is 79.1 Å². The van der Waals surface area contributed by atoms with E-state index in [1.54, 1.807) is 11.1 Å². The zero-order valence-corrected chi connectivity index (χ0v) is 42.6. The Morgan fingerprint density at radius 3 is 1.28 bits per heavy atom. The third kappa shape index (κ3) is 6.59. The maximum absolute atomic E-state index is 4.98. The second-order valence-corrected chi connectivity index (χ2v) is 25.6. The standard InChI is InChI=1S/C62H71BN4/c1-59(2,3)41-32-45(61(7,8)9)53-43-26-38(36-20-15-13-16-21-36)28-47-56(43)66(49(53)34-41)51-30-40(58-64-24-19-25-65-58)31-52-55(51)63(47)48-29-39(37-22-17-14-18-23-37)27-44-54-46(62(10,11)12)33-42(60(4,5)6)35-50(54)67(52)57(44)48/h19,24-37H,13-18,20-23H2,1-12H3. The van der Waals surface area contributed by atoms with Gasteiger partial charge in [0.15, 0.2) is 5.82 Å². The fourth-order valence-corrected chi connectivity index (χ4v) is 13.3. The summed E-state index contributed by atoms with van der Waals surface area (Å²) in [6.45, 7) is 29.0. The minimum absolute atomic E-state index is 0.0307. The van der Waals surface area contributed by atoms with Crippen LogP contribution in [0.25, 0.3) is 66.4 Å². The molecule has 0 saturated heterocycles. The largest absolute Gasteiger partial charge is 0.310 e. The van der Waals surface area contributed by atoms with Gasteiger partial charge in [0.25, 0.3) is 6.71 Å². The monoisotopic (exact) mass is 883 g/mol. The predicted octanol–water partition coefficient (Wildman–Crippen LogP) is 14.8. The lowest BCUT2D eigenvalue weighted by atomic mass is 9.34. The highest BCUT2D eigenvalue weighted by molar-refractivity contribution is 7.00. The molecular formula is C62H71BN4. The molecule has 12 rings (SSSR count). The Bertz CT molecular complexity index is 3140. The van der Waals surface area contributed by atoms with Gasteiger partial charge in [-0.1, -0.05) is 146 Å². The van der Waals surface area contributed by atoms with Crippen molar-refractivity contribution in [2.24, 2.45) is 0 Å². The summed E-state index contributed by atoms with van der Waals surface area (Å²) in [5.74, 6) is 1.92. The molecule has 5 aromatic carbocycles. The molecule has 3 aromatic heterocycles. The fraction of sp³-hybridized carbons (Fsp3) is 0.452. The van der Waals surface area contributed by atoms with Crippen molar-refractivity contribution in [1.82, 2.24) is 19.1 Å². The molecule has 5 heteroatoms. The van der Waals surface area contributed by atoms with E-state index in [4.69, 9.17) is 9.97 Å². The molecule has 342 valence electrons. The van der Waals surface area contributed by atoms with Gasteiger partial charge in [0.05, 0.1) is 11.0 Å². The molecule has 2 aliphatic carbocycles. The van der Waals surface area contributed by atoms with Crippen molar-refractivity contribution in [2.75, 3.05) is 0 Å². The zero-order valence-electron chi connectivity index (χ0n) is 42.6. The van der Waals surface area contributed by atoms with Gasteiger partial charge >= 0.3 is 0 Å². The lowest BCUT2D eigenvalue weighted by Gasteiger charge is -2.35. The Balaban J connectivity index is 1.33. The van der Waals surface area contributed by atoms with Crippen molar-refractivity contribution < 1.29 is 0 Å². The van der Waals surface area contributed by atoms with Crippen LogP contribution < -0.4 is 16.4 Å². The number of fused-ring (bicyclic) bond motifs is 10. The molecule has 0 radical (unpaired) electrons. The summed E-state index contributed by atoms with van der Waals surface area (Å²) in [5, 5.41) is 5.73. The van der Waals surface area contributed by atoms with Crippen molar-refractivity contribution in [3.63, 3.8) is 0 Å². The molecule has 2 aliphatic heterocycles. The summed E-state index contributed by atoms with van der Waals surface area (Å²) in [6, 6.07) is 28.0. The molecule has 0 atom stereocenters. The third-order valence-corrected chi connectivity index (χ3v) is 16.9. The smallest absolute Gasteiger partial charge is 0.252 e. The summed E-state index contributed by atoms with van der Waals surface area (Å²) in [7, 11) is 0. The summed E-state index contributed by atoms with van der Waals surface area (Å²) < 4.78 is 5.47. The van der Waals surface area contributed by atoms with Crippen LogP contribution in [0.5, 0.6) is 0 Å². The molecule has 0 bridgehead atoms. The Labute approximate surface area is 400 Å². The van der Waals surface area contributed by atoms with Gasteiger partial charge in [-0.3, -0.25) is 0 Å². The van der Waals surface area contributed by atoms with Gasteiger partial charge in [-0.05, 0) is 151 Å². The molecular weight excluding hydrogens is 812 g/mol. The van der Waals surface area contributed by atoms with E-state index in [-0.39, 0.29) is 28.4 Å². The van der Waals surface area contributed by atoms with E-state index in [0.29, 0.717) is 11.8 Å². The minimum atomic E-state index is -0.0674. The fourth-order valence-electron chi connectivity index (χ4n) is 13.3. The van der Waals surface area contributed by atoms with Crippen LogP contribution in [0.2, 0.25) is 0 Å². The highest BCUT2D eigenvalue weighted by Crippen LogP contribution is 2.49. The first-order chi connectivity index (χ1) is 31.8. The summed E-state index contributed by atoms with van der Waals surface area (Å²) in [6.07, 6.45) is 16.9. The second-order valence-electron chi connectivity index (χ2n) is 25.6. The Kier molecular flexibility index (Phi) is 9.45. The highest BCUT2D eigenvalue weighted by atomic mass is 15.0. The van der Waals surface area contributed by atoms with Gasteiger partial charge in [0, 0.05) is 61.9 Å². The van der Waals surface area contributed by atoms with Crippen LogP contribution in [-0.4, -0.2) is 25.8 Å². The molecule has 67 heavy (non-hydrogen) atoms. The molecule has 2 fully saturated rings. The lowest BCUT2D eigenvalue weighted by molar-refractivity contribution is 0.444. The lowest BCUT2D eigenvalue weighted by Crippen LogP contribution is -2.59. The van der Waals surface area contributed by atoms with E-state index in [0.717, 1.165) is 11.4 Å². The van der Waals surface area contributed by atoms with Gasteiger partial charge in [0.1, 0.15) is 0 Å². The van der Waals surface area contributed by atoms with Gasteiger partial charge in [-0.2, -0.15) is 0 Å². The van der Waals surface area contributed by atoms with Crippen LogP contribution in [0.1, 0.15) is 193 Å². The maximum atomic E-state index is 4.98. The van der Waals surface area contributed by atoms with Crippen molar-refractivity contribution in [2.45, 2.75) is 181 Å². The average Bonchev–Trinajstić information content (AvgIpc) is 3.81. The van der Waals surface area contributed by atoms with Crippen molar-refractivity contribution >= 4 is 66.7 Å². The van der Waals surface area contributed by atoms with E-state index in [1.807, 2.05) is 18.5 Å². The average molecular weight is 883 g/mol. The zero-order chi connectivity index (χ0) is 46.7. The van der Waals surface area contributed by atoms with Crippen LogP contribution in [0.4, 0.5) is 0 Å². The number of hydrogen-bond acceptors (Lipinski definition) is 2. The first kappa shape index (κ1) is 43.1. The Hall–Kier alpha value is -5.16. The van der Waals surface area contributed by atoms with Gasteiger partial charge in [0.2, 0.25) is 0 Å². The van der Waals surface area contributed by atoms with Crippen molar-refractivity contribution in [1.29, 1.82) is 0 Å². The molecule has 0 spiro atoms. The Morgan fingerprint density at radius 1 is 0.478 bits per heavy atom. The number of nitrogens with zero attached hydrogens (tertiary/aromatic N) is 4. The third-order valence-electron chi connectivity index (χ3n) is 16.9. The molecule has 5 heterocycles.